The Balaban J connectivity index is 1.88. The summed E-state index contributed by atoms with van der Waals surface area (Å²) in [7, 11) is 1.62. The van der Waals surface area contributed by atoms with Crippen molar-refractivity contribution in [3.63, 3.8) is 0 Å². The zero-order valence-electron chi connectivity index (χ0n) is 17.0. The van der Waals surface area contributed by atoms with E-state index in [-0.39, 0.29) is 6.10 Å². The monoisotopic (exact) mass is 393 g/mol. The smallest absolute Gasteiger partial charge is 0.161 e. The lowest BCUT2D eigenvalue weighted by Gasteiger charge is -2.16. The standard InChI is InChI=1S/C23H27N3O3/c1-4-28-15(2)14-29-21-10-7-17(12-22(21)27-3)18-11-20(23(25)26-13-18)16-5-8-19(24)9-6-16/h5-13,15H,4,14,24H2,1-3H3,(H2,25,26)/t15-/m1/s1. The summed E-state index contributed by atoms with van der Waals surface area (Å²) in [4.78, 5) is 4.37. The maximum absolute atomic E-state index is 6.11. The zero-order valence-corrected chi connectivity index (χ0v) is 17.0. The van der Waals surface area contributed by atoms with E-state index >= 15 is 0 Å². The second kappa shape index (κ2) is 9.30. The average Bonchev–Trinajstić information content (AvgIpc) is 2.73. The number of hydrogen-bond acceptors (Lipinski definition) is 6. The number of rotatable bonds is 8. The van der Waals surface area contributed by atoms with Crippen LogP contribution in [0.3, 0.4) is 0 Å². The molecule has 0 aliphatic carbocycles. The molecule has 3 rings (SSSR count). The minimum absolute atomic E-state index is 0.00754. The van der Waals surface area contributed by atoms with Crippen LogP contribution in [0.15, 0.2) is 54.7 Å². The summed E-state index contributed by atoms with van der Waals surface area (Å²) in [6.07, 6.45) is 1.76. The van der Waals surface area contributed by atoms with Crippen LogP contribution in [0.4, 0.5) is 11.5 Å². The van der Waals surface area contributed by atoms with Gasteiger partial charge in [-0.05, 0) is 55.3 Å². The van der Waals surface area contributed by atoms with E-state index in [0.717, 1.165) is 22.3 Å². The number of benzene rings is 2. The van der Waals surface area contributed by atoms with Gasteiger partial charge < -0.3 is 25.7 Å². The predicted octanol–water partition coefficient (Wildman–Crippen LogP) is 4.39. The molecular formula is C23H27N3O3. The maximum Gasteiger partial charge on any atom is 0.161 e. The lowest BCUT2D eigenvalue weighted by molar-refractivity contribution is 0.0395. The Morgan fingerprint density at radius 1 is 0.931 bits per heavy atom. The SMILES string of the molecule is CCO[C@H](C)COc1ccc(-c2cnc(N)c(-c3ccc(N)cc3)c2)cc1OC. The molecule has 29 heavy (non-hydrogen) atoms. The van der Waals surface area contributed by atoms with E-state index in [0.29, 0.717) is 36.2 Å². The van der Waals surface area contributed by atoms with Gasteiger partial charge in [-0.15, -0.1) is 0 Å². The Hall–Kier alpha value is -3.25. The molecular weight excluding hydrogens is 366 g/mol. The molecule has 6 heteroatoms. The van der Waals surface area contributed by atoms with Crippen molar-refractivity contribution in [2.45, 2.75) is 20.0 Å². The van der Waals surface area contributed by atoms with Crippen molar-refractivity contribution >= 4 is 11.5 Å². The van der Waals surface area contributed by atoms with Gasteiger partial charge >= 0.3 is 0 Å². The number of anilines is 2. The third-order valence-electron chi connectivity index (χ3n) is 4.56. The molecule has 1 heterocycles. The minimum atomic E-state index is 0.00754. The molecule has 0 radical (unpaired) electrons. The van der Waals surface area contributed by atoms with Crippen molar-refractivity contribution in [2.24, 2.45) is 0 Å². The molecule has 0 spiro atoms. The summed E-state index contributed by atoms with van der Waals surface area (Å²) < 4.78 is 16.9. The van der Waals surface area contributed by atoms with Gasteiger partial charge in [-0.3, -0.25) is 0 Å². The van der Waals surface area contributed by atoms with E-state index in [1.54, 1.807) is 13.3 Å². The summed E-state index contributed by atoms with van der Waals surface area (Å²) in [5.74, 6) is 1.79. The number of ether oxygens (including phenoxy) is 3. The largest absolute Gasteiger partial charge is 0.493 e. The molecule has 0 unspecified atom stereocenters. The third-order valence-corrected chi connectivity index (χ3v) is 4.56. The Kier molecular flexibility index (Phi) is 6.57. The Morgan fingerprint density at radius 3 is 2.34 bits per heavy atom. The van der Waals surface area contributed by atoms with Gasteiger partial charge in [0.05, 0.1) is 13.2 Å². The second-order valence-corrected chi connectivity index (χ2v) is 6.72. The lowest BCUT2D eigenvalue weighted by Crippen LogP contribution is -2.18. The van der Waals surface area contributed by atoms with E-state index in [9.17, 15) is 0 Å². The molecule has 0 bridgehead atoms. The molecule has 0 fully saturated rings. The molecule has 1 aromatic heterocycles. The van der Waals surface area contributed by atoms with E-state index in [2.05, 4.69) is 4.98 Å². The first kappa shape index (κ1) is 20.5. The van der Waals surface area contributed by atoms with E-state index < -0.39 is 0 Å². The molecule has 0 saturated carbocycles. The second-order valence-electron chi connectivity index (χ2n) is 6.72. The van der Waals surface area contributed by atoms with Gasteiger partial charge in [0.1, 0.15) is 12.4 Å². The van der Waals surface area contributed by atoms with E-state index in [1.807, 2.05) is 62.4 Å². The first-order chi connectivity index (χ1) is 14.0. The van der Waals surface area contributed by atoms with Crippen LogP contribution in [0.1, 0.15) is 13.8 Å². The van der Waals surface area contributed by atoms with Crippen LogP contribution in [-0.2, 0) is 4.74 Å². The van der Waals surface area contributed by atoms with Gasteiger partial charge in [0, 0.05) is 29.6 Å². The number of methoxy groups -OCH3 is 1. The summed E-state index contributed by atoms with van der Waals surface area (Å²) in [5, 5.41) is 0. The summed E-state index contributed by atoms with van der Waals surface area (Å²) in [5.41, 5.74) is 16.3. The summed E-state index contributed by atoms with van der Waals surface area (Å²) in [6.45, 7) is 5.05. The van der Waals surface area contributed by atoms with Crippen molar-refractivity contribution in [3.05, 3.63) is 54.7 Å². The van der Waals surface area contributed by atoms with Crippen LogP contribution in [0.2, 0.25) is 0 Å². The Labute approximate surface area is 171 Å². The minimum Gasteiger partial charge on any atom is -0.493 e. The molecule has 4 N–H and O–H groups in total. The maximum atomic E-state index is 6.11. The van der Waals surface area contributed by atoms with Gasteiger partial charge in [-0.2, -0.15) is 0 Å². The molecule has 6 nitrogen and oxygen atoms in total. The molecule has 1 atom stereocenters. The fourth-order valence-electron chi connectivity index (χ4n) is 3.03. The Morgan fingerprint density at radius 2 is 1.66 bits per heavy atom. The number of pyridine rings is 1. The number of hydrogen-bond donors (Lipinski definition) is 2. The van der Waals surface area contributed by atoms with Crippen LogP contribution >= 0.6 is 0 Å². The van der Waals surface area contributed by atoms with E-state index in [4.69, 9.17) is 25.7 Å². The Bertz CT molecular complexity index is 958. The van der Waals surface area contributed by atoms with Crippen molar-refractivity contribution in [3.8, 4) is 33.8 Å². The molecule has 0 aliphatic rings. The molecule has 3 aromatic rings. The van der Waals surface area contributed by atoms with Crippen LogP contribution < -0.4 is 20.9 Å². The molecule has 0 amide bonds. The van der Waals surface area contributed by atoms with Crippen LogP contribution in [0.5, 0.6) is 11.5 Å². The van der Waals surface area contributed by atoms with Gasteiger partial charge in [0.15, 0.2) is 11.5 Å². The van der Waals surface area contributed by atoms with Crippen molar-refractivity contribution in [2.75, 3.05) is 31.8 Å². The highest BCUT2D eigenvalue weighted by Gasteiger charge is 2.12. The fourth-order valence-corrected chi connectivity index (χ4v) is 3.03. The van der Waals surface area contributed by atoms with Gasteiger partial charge in [-0.25, -0.2) is 4.98 Å². The molecule has 2 aromatic carbocycles. The molecule has 152 valence electrons. The molecule has 0 saturated heterocycles. The average molecular weight is 393 g/mol. The van der Waals surface area contributed by atoms with Gasteiger partial charge in [0.25, 0.3) is 0 Å². The zero-order chi connectivity index (χ0) is 20.8. The highest BCUT2D eigenvalue weighted by molar-refractivity contribution is 5.80. The lowest BCUT2D eigenvalue weighted by atomic mass is 10.0. The van der Waals surface area contributed by atoms with E-state index in [1.165, 1.54) is 0 Å². The highest BCUT2D eigenvalue weighted by atomic mass is 16.5. The number of nitrogens with zero attached hydrogens (tertiary/aromatic N) is 1. The summed E-state index contributed by atoms with van der Waals surface area (Å²) in [6, 6.07) is 15.4. The number of nitrogens with two attached hydrogens (primary N) is 2. The predicted molar refractivity (Wildman–Crippen MR) is 117 cm³/mol. The first-order valence-electron chi connectivity index (χ1n) is 9.56. The van der Waals surface area contributed by atoms with Crippen molar-refractivity contribution in [1.29, 1.82) is 0 Å². The fraction of sp³-hybridized carbons (Fsp3) is 0.261. The normalized spacial score (nSPS) is 11.8. The van der Waals surface area contributed by atoms with Crippen molar-refractivity contribution < 1.29 is 14.2 Å². The quantitative estimate of drug-likeness (QED) is 0.551. The highest BCUT2D eigenvalue weighted by Crippen LogP contribution is 2.35. The number of aromatic nitrogens is 1. The number of nitrogen functional groups attached to an aromatic ring is 2. The summed E-state index contributed by atoms with van der Waals surface area (Å²) >= 11 is 0. The van der Waals surface area contributed by atoms with Gasteiger partial charge in [0.2, 0.25) is 0 Å². The molecule has 0 aliphatic heterocycles. The van der Waals surface area contributed by atoms with Crippen molar-refractivity contribution in [1.82, 2.24) is 4.98 Å². The first-order valence-corrected chi connectivity index (χ1v) is 9.56. The van der Waals surface area contributed by atoms with Crippen LogP contribution in [-0.4, -0.2) is 31.4 Å². The third kappa shape index (κ3) is 4.97. The van der Waals surface area contributed by atoms with Gasteiger partial charge in [-0.1, -0.05) is 18.2 Å². The topological polar surface area (TPSA) is 92.6 Å². The van der Waals surface area contributed by atoms with Crippen LogP contribution in [0.25, 0.3) is 22.3 Å². The van der Waals surface area contributed by atoms with Crippen LogP contribution in [0, 0.1) is 0 Å².